The molecule has 1 amide bonds. The van der Waals surface area contributed by atoms with E-state index in [1.54, 1.807) is 7.11 Å². The van der Waals surface area contributed by atoms with Crippen molar-refractivity contribution >= 4 is 32.2 Å². The highest BCUT2D eigenvalue weighted by atomic mass is 127. The molecule has 4 nitrogen and oxygen atoms in total. The summed E-state index contributed by atoms with van der Waals surface area (Å²) in [5.41, 5.74) is 1.19. The van der Waals surface area contributed by atoms with Gasteiger partial charge in [-0.15, -0.1) is 0 Å². The summed E-state index contributed by atoms with van der Waals surface area (Å²) >= 11 is 1.84. The topological polar surface area (TPSA) is 32.8 Å². The molecule has 0 bridgehead atoms. The Morgan fingerprint density at radius 2 is 1.76 bits per heavy atom. The van der Waals surface area contributed by atoms with E-state index in [1.165, 1.54) is 5.69 Å². The number of hydrogen-bond acceptors (Lipinski definition) is 3. The summed E-state index contributed by atoms with van der Waals surface area (Å²) in [7, 11) is 1.67. The first-order valence-electron chi connectivity index (χ1n) is 5.54. The predicted octanol–water partition coefficient (Wildman–Crippen LogP) is 2.37. The third kappa shape index (κ3) is 3.02. The molecule has 0 aliphatic carbocycles. The number of amides is 1. The van der Waals surface area contributed by atoms with Crippen LogP contribution in [-0.4, -0.2) is 42.1 Å². The van der Waals surface area contributed by atoms with Crippen molar-refractivity contribution in [2.45, 2.75) is 0 Å². The van der Waals surface area contributed by atoms with Crippen LogP contribution in [0.25, 0.3) is 0 Å². The maximum atomic E-state index is 11.2. The van der Waals surface area contributed by atoms with Crippen molar-refractivity contribution in [2.75, 3.05) is 38.2 Å². The van der Waals surface area contributed by atoms with Crippen molar-refractivity contribution < 1.29 is 9.53 Å². The highest BCUT2D eigenvalue weighted by molar-refractivity contribution is 14.1. The third-order valence-corrected chi connectivity index (χ3v) is 3.65. The van der Waals surface area contributed by atoms with Crippen LogP contribution in [0.3, 0.4) is 0 Å². The van der Waals surface area contributed by atoms with Crippen LogP contribution in [0.5, 0.6) is 5.75 Å². The first-order valence-corrected chi connectivity index (χ1v) is 6.62. The number of nitrogens with zero attached hydrogens (tertiary/aromatic N) is 2. The number of ether oxygens (including phenoxy) is 1. The first kappa shape index (κ1) is 12.5. The zero-order valence-corrected chi connectivity index (χ0v) is 11.9. The average Bonchev–Trinajstić information content (AvgIpc) is 2.39. The second-order valence-electron chi connectivity index (χ2n) is 3.93. The van der Waals surface area contributed by atoms with Crippen LogP contribution >= 0.6 is 22.6 Å². The molecule has 2 rings (SSSR count). The van der Waals surface area contributed by atoms with E-state index in [-0.39, 0.29) is 3.91 Å². The lowest BCUT2D eigenvalue weighted by atomic mass is 10.2. The predicted molar refractivity (Wildman–Crippen MR) is 76.2 cm³/mol. The molecule has 1 aromatic rings. The molecule has 1 aromatic carbocycles. The number of benzene rings is 1. The fraction of sp³-hybridized carbons (Fsp3) is 0.417. The van der Waals surface area contributed by atoms with Gasteiger partial charge < -0.3 is 14.5 Å². The first-order chi connectivity index (χ1) is 8.20. The fourth-order valence-electron chi connectivity index (χ4n) is 1.93. The zero-order chi connectivity index (χ0) is 12.3. The van der Waals surface area contributed by atoms with Gasteiger partial charge in [0.15, 0.2) is 0 Å². The standard InChI is InChI=1S/C12H15IN2O2/c1-17-11-4-2-10(3-5-11)14-6-8-15(9-7-14)12(13)16/h2-5H,6-9H2,1H3. The molecule has 1 aliphatic heterocycles. The number of halogens is 1. The third-order valence-electron chi connectivity index (χ3n) is 2.97. The molecule has 0 radical (unpaired) electrons. The van der Waals surface area contributed by atoms with E-state index in [4.69, 9.17) is 4.74 Å². The molecule has 0 aromatic heterocycles. The van der Waals surface area contributed by atoms with E-state index < -0.39 is 0 Å². The van der Waals surface area contributed by atoms with Crippen LogP contribution in [-0.2, 0) is 0 Å². The smallest absolute Gasteiger partial charge is 0.283 e. The minimum absolute atomic E-state index is 0.136. The fourth-order valence-corrected chi connectivity index (χ4v) is 2.42. The Morgan fingerprint density at radius 3 is 2.24 bits per heavy atom. The molecule has 1 heterocycles. The number of piperazine rings is 1. The Morgan fingerprint density at radius 1 is 1.18 bits per heavy atom. The van der Waals surface area contributed by atoms with Gasteiger partial charge in [-0.3, -0.25) is 4.79 Å². The van der Waals surface area contributed by atoms with Gasteiger partial charge >= 0.3 is 0 Å². The van der Waals surface area contributed by atoms with Gasteiger partial charge in [-0.1, -0.05) is 0 Å². The monoisotopic (exact) mass is 346 g/mol. The highest BCUT2D eigenvalue weighted by Gasteiger charge is 2.19. The van der Waals surface area contributed by atoms with Crippen LogP contribution in [0.15, 0.2) is 24.3 Å². The summed E-state index contributed by atoms with van der Waals surface area (Å²) in [5.74, 6) is 0.870. The Hall–Kier alpha value is -0.980. The molecule has 17 heavy (non-hydrogen) atoms. The minimum Gasteiger partial charge on any atom is -0.497 e. The molecule has 1 fully saturated rings. The van der Waals surface area contributed by atoms with E-state index in [0.717, 1.165) is 31.9 Å². The lowest BCUT2D eigenvalue weighted by Crippen LogP contribution is -2.47. The van der Waals surface area contributed by atoms with Gasteiger partial charge in [-0.2, -0.15) is 0 Å². The quantitative estimate of drug-likeness (QED) is 0.468. The average molecular weight is 346 g/mol. The number of hydrogen-bond donors (Lipinski definition) is 0. The SMILES string of the molecule is COc1ccc(N2CCN(C(=O)I)CC2)cc1. The molecule has 1 aliphatic rings. The molecule has 5 heteroatoms. The lowest BCUT2D eigenvalue weighted by molar-refractivity contribution is 0.222. The molecule has 0 spiro atoms. The van der Waals surface area contributed by atoms with Gasteiger partial charge in [-0.25, -0.2) is 0 Å². The van der Waals surface area contributed by atoms with Crippen LogP contribution in [0.2, 0.25) is 0 Å². The highest BCUT2D eigenvalue weighted by Crippen LogP contribution is 2.20. The Balaban J connectivity index is 1.97. The summed E-state index contributed by atoms with van der Waals surface area (Å²) in [6, 6.07) is 8.04. The van der Waals surface area contributed by atoms with Gasteiger partial charge in [0.25, 0.3) is 3.91 Å². The number of carbonyl (C=O) groups is 1. The summed E-state index contributed by atoms with van der Waals surface area (Å²) in [5, 5.41) is 0. The van der Waals surface area contributed by atoms with E-state index >= 15 is 0 Å². The molecular weight excluding hydrogens is 331 g/mol. The van der Waals surface area contributed by atoms with Crippen LogP contribution < -0.4 is 9.64 Å². The zero-order valence-electron chi connectivity index (χ0n) is 9.73. The van der Waals surface area contributed by atoms with Gasteiger partial charge in [0.1, 0.15) is 5.75 Å². The number of anilines is 1. The maximum Gasteiger partial charge on any atom is 0.283 e. The van der Waals surface area contributed by atoms with E-state index in [2.05, 4.69) is 17.0 Å². The second-order valence-corrected chi connectivity index (χ2v) is 4.85. The second kappa shape index (κ2) is 5.57. The Labute approximate surface area is 115 Å². The van der Waals surface area contributed by atoms with Gasteiger partial charge in [-0.05, 0) is 24.3 Å². The summed E-state index contributed by atoms with van der Waals surface area (Å²) < 4.78 is 5.27. The minimum atomic E-state index is 0.136. The normalized spacial score (nSPS) is 15.9. The number of carbonyl (C=O) groups excluding carboxylic acids is 1. The van der Waals surface area contributed by atoms with Crippen molar-refractivity contribution in [2.24, 2.45) is 0 Å². The molecule has 0 unspecified atom stereocenters. The van der Waals surface area contributed by atoms with Crippen molar-refractivity contribution in [3.05, 3.63) is 24.3 Å². The van der Waals surface area contributed by atoms with Crippen molar-refractivity contribution in [1.29, 1.82) is 0 Å². The van der Waals surface area contributed by atoms with Crippen molar-refractivity contribution in [3.8, 4) is 5.75 Å². The van der Waals surface area contributed by atoms with Gasteiger partial charge in [0.05, 0.1) is 7.11 Å². The summed E-state index contributed by atoms with van der Waals surface area (Å²) in [6.07, 6.45) is 0. The summed E-state index contributed by atoms with van der Waals surface area (Å²) in [4.78, 5) is 15.4. The van der Waals surface area contributed by atoms with Crippen LogP contribution in [0.4, 0.5) is 10.5 Å². The number of methoxy groups -OCH3 is 1. The molecule has 0 atom stereocenters. The molecule has 0 saturated carbocycles. The van der Waals surface area contributed by atoms with Gasteiger partial charge in [0, 0.05) is 54.5 Å². The molecule has 92 valence electrons. The van der Waals surface area contributed by atoms with Crippen LogP contribution in [0, 0.1) is 0 Å². The van der Waals surface area contributed by atoms with E-state index in [1.807, 2.05) is 39.6 Å². The van der Waals surface area contributed by atoms with Crippen molar-refractivity contribution in [1.82, 2.24) is 4.90 Å². The molecule has 1 saturated heterocycles. The lowest BCUT2D eigenvalue weighted by Gasteiger charge is -2.35. The summed E-state index contributed by atoms with van der Waals surface area (Å²) in [6.45, 7) is 3.38. The Kier molecular flexibility index (Phi) is 4.09. The van der Waals surface area contributed by atoms with E-state index in [0.29, 0.717) is 0 Å². The van der Waals surface area contributed by atoms with E-state index in [9.17, 15) is 4.79 Å². The largest absolute Gasteiger partial charge is 0.497 e. The molecule has 0 N–H and O–H groups in total. The van der Waals surface area contributed by atoms with Gasteiger partial charge in [0.2, 0.25) is 0 Å². The Bertz CT molecular complexity index is 386. The van der Waals surface area contributed by atoms with Crippen LogP contribution in [0.1, 0.15) is 0 Å². The molecular formula is C12H15IN2O2. The maximum absolute atomic E-state index is 11.2. The number of rotatable bonds is 2. The van der Waals surface area contributed by atoms with Crippen molar-refractivity contribution in [3.63, 3.8) is 0 Å².